The second-order valence-corrected chi connectivity index (χ2v) is 5.22. The zero-order valence-corrected chi connectivity index (χ0v) is 11.4. The highest BCUT2D eigenvalue weighted by Gasteiger charge is 2.24. The fourth-order valence-corrected chi connectivity index (χ4v) is 2.48. The molecule has 0 aliphatic heterocycles. The molecule has 1 aliphatic carbocycles. The molecule has 0 heterocycles. The van der Waals surface area contributed by atoms with E-state index >= 15 is 0 Å². The van der Waals surface area contributed by atoms with Crippen molar-refractivity contribution in [1.82, 2.24) is 5.32 Å². The smallest absolute Gasteiger partial charge is 0.258 e. The molecule has 104 valence electrons. The van der Waals surface area contributed by atoms with Crippen molar-refractivity contribution >= 4 is 5.91 Å². The summed E-state index contributed by atoms with van der Waals surface area (Å²) in [6.45, 7) is 2.77. The molecule has 19 heavy (non-hydrogen) atoms. The average molecular weight is 262 g/mol. The predicted octanol–water partition coefficient (Wildman–Crippen LogP) is 1.83. The van der Waals surface area contributed by atoms with Crippen molar-refractivity contribution in [2.45, 2.75) is 38.8 Å². The van der Waals surface area contributed by atoms with Crippen LogP contribution in [0.1, 0.15) is 31.7 Å². The van der Waals surface area contributed by atoms with Crippen molar-refractivity contribution in [1.29, 1.82) is 0 Å². The first-order chi connectivity index (χ1) is 9.19. The Kier molecular flexibility index (Phi) is 4.80. The van der Waals surface area contributed by atoms with Crippen LogP contribution >= 0.6 is 0 Å². The molecule has 0 saturated heterocycles. The molecule has 1 amide bonds. The third kappa shape index (κ3) is 3.96. The minimum Gasteiger partial charge on any atom is -0.484 e. The quantitative estimate of drug-likeness (QED) is 0.851. The normalized spacial score (nSPS) is 22.2. The van der Waals surface area contributed by atoms with Gasteiger partial charge >= 0.3 is 0 Å². The van der Waals surface area contributed by atoms with Crippen LogP contribution in [0.15, 0.2) is 24.3 Å². The summed E-state index contributed by atoms with van der Waals surface area (Å²) >= 11 is 0. The van der Waals surface area contributed by atoms with Crippen molar-refractivity contribution in [2.24, 2.45) is 11.7 Å². The lowest BCUT2D eigenvalue weighted by Crippen LogP contribution is -2.39. The Morgan fingerprint density at radius 3 is 2.68 bits per heavy atom. The molecule has 0 radical (unpaired) electrons. The first-order valence-electron chi connectivity index (χ1n) is 6.90. The van der Waals surface area contributed by atoms with Gasteiger partial charge in [0, 0.05) is 12.6 Å². The monoisotopic (exact) mass is 262 g/mol. The summed E-state index contributed by atoms with van der Waals surface area (Å²) in [6, 6.07) is 7.82. The van der Waals surface area contributed by atoms with Gasteiger partial charge in [-0.3, -0.25) is 4.79 Å². The Morgan fingerprint density at radius 1 is 1.37 bits per heavy atom. The van der Waals surface area contributed by atoms with Crippen LogP contribution in [-0.2, 0) is 11.3 Å². The maximum absolute atomic E-state index is 11.8. The number of carbonyl (C=O) groups excluding carboxylic acids is 1. The van der Waals surface area contributed by atoms with Crippen LogP contribution in [0.2, 0.25) is 0 Å². The molecule has 1 fully saturated rings. The summed E-state index contributed by atoms with van der Waals surface area (Å²) in [5, 5.41) is 3.04. The lowest BCUT2D eigenvalue weighted by molar-refractivity contribution is -0.124. The SMILES string of the molecule is CC1CCCC1NC(=O)COc1ccc(CN)cc1. The van der Waals surface area contributed by atoms with Gasteiger partial charge in [-0.05, 0) is 36.5 Å². The maximum atomic E-state index is 11.8. The Morgan fingerprint density at radius 2 is 2.11 bits per heavy atom. The number of rotatable bonds is 5. The Hall–Kier alpha value is -1.55. The highest BCUT2D eigenvalue weighted by atomic mass is 16.5. The van der Waals surface area contributed by atoms with E-state index < -0.39 is 0 Å². The van der Waals surface area contributed by atoms with Crippen molar-refractivity contribution in [3.05, 3.63) is 29.8 Å². The minimum absolute atomic E-state index is 0.0401. The summed E-state index contributed by atoms with van der Waals surface area (Å²) in [4.78, 5) is 11.8. The predicted molar refractivity (Wildman–Crippen MR) is 74.8 cm³/mol. The molecule has 1 aromatic rings. The van der Waals surface area contributed by atoms with Crippen LogP contribution in [0.3, 0.4) is 0 Å². The van der Waals surface area contributed by atoms with E-state index in [1.165, 1.54) is 12.8 Å². The lowest BCUT2D eigenvalue weighted by atomic mass is 10.1. The molecule has 0 bridgehead atoms. The summed E-state index contributed by atoms with van der Waals surface area (Å²) in [7, 11) is 0. The van der Waals surface area contributed by atoms with Crippen LogP contribution in [0.4, 0.5) is 0 Å². The van der Waals surface area contributed by atoms with Gasteiger partial charge in [-0.2, -0.15) is 0 Å². The fourth-order valence-electron chi connectivity index (χ4n) is 2.48. The average Bonchev–Trinajstić information content (AvgIpc) is 2.82. The van der Waals surface area contributed by atoms with Gasteiger partial charge in [0.25, 0.3) is 5.91 Å². The molecule has 1 aliphatic rings. The second-order valence-electron chi connectivity index (χ2n) is 5.22. The summed E-state index contributed by atoms with van der Waals surface area (Å²) in [6.07, 6.45) is 3.48. The number of nitrogens with two attached hydrogens (primary N) is 1. The molecule has 1 aromatic carbocycles. The molecule has 1 saturated carbocycles. The van der Waals surface area contributed by atoms with E-state index in [0.29, 0.717) is 24.3 Å². The fraction of sp³-hybridized carbons (Fsp3) is 0.533. The highest BCUT2D eigenvalue weighted by molar-refractivity contribution is 5.77. The number of benzene rings is 1. The van der Waals surface area contributed by atoms with Crippen LogP contribution in [0, 0.1) is 5.92 Å². The molecular formula is C15H22N2O2. The van der Waals surface area contributed by atoms with E-state index in [-0.39, 0.29) is 12.5 Å². The number of hydrogen-bond acceptors (Lipinski definition) is 3. The number of carbonyl (C=O) groups is 1. The van der Waals surface area contributed by atoms with Crippen LogP contribution < -0.4 is 15.8 Å². The van der Waals surface area contributed by atoms with E-state index in [1.807, 2.05) is 24.3 Å². The van der Waals surface area contributed by atoms with Crippen LogP contribution in [0.5, 0.6) is 5.75 Å². The van der Waals surface area contributed by atoms with E-state index in [1.54, 1.807) is 0 Å². The zero-order valence-electron chi connectivity index (χ0n) is 11.4. The summed E-state index contributed by atoms with van der Waals surface area (Å²) in [5.74, 6) is 1.24. The van der Waals surface area contributed by atoms with Crippen molar-refractivity contribution < 1.29 is 9.53 Å². The Bertz CT molecular complexity index is 417. The molecular weight excluding hydrogens is 240 g/mol. The molecule has 3 N–H and O–H groups in total. The molecule has 0 aromatic heterocycles. The largest absolute Gasteiger partial charge is 0.484 e. The first kappa shape index (κ1) is 13.9. The molecule has 0 spiro atoms. The van der Waals surface area contributed by atoms with E-state index in [0.717, 1.165) is 12.0 Å². The standard InChI is InChI=1S/C15H22N2O2/c1-11-3-2-4-14(11)17-15(18)10-19-13-7-5-12(9-16)6-8-13/h5-8,11,14H,2-4,9-10,16H2,1H3,(H,17,18). The summed E-state index contributed by atoms with van der Waals surface area (Å²) < 4.78 is 5.46. The lowest BCUT2D eigenvalue weighted by Gasteiger charge is -2.17. The third-order valence-electron chi connectivity index (χ3n) is 3.74. The van der Waals surface area contributed by atoms with Crippen molar-refractivity contribution in [3.63, 3.8) is 0 Å². The third-order valence-corrected chi connectivity index (χ3v) is 3.74. The topological polar surface area (TPSA) is 64.3 Å². The molecule has 2 rings (SSSR count). The summed E-state index contributed by atoms with van der Waals surface area (Å²) in [5.41, 5.74) is 6.57. The highest BCUT2D eigenvalue weighted by Crippen LogP contribution is 2.24. The number of ether oxygens (including phenoxy) is 1. The molecule has 2 atom stereocenters. The van der Waals surface area contributed by atoms with Gasteiger partial charge in [-0.25, -0.2) is 0 Å². The number of amides is 1. The zero-order chi connectivity index (χ0) is 13.7. The molecule has 4 heteroatoms. The van der Waals surface area contributed by atoms with Gasteiger partial charge in [0.15, 0.2) is 6.61 Å². The maximum Gasteiger partial charge on any atom is 0.258 e. The van der Waals surface area contributed by atoms with Crippen molar-refractivity contribution in [2.75, 3.05) is 6.61 Å². The Labute approximate surface area is 114 Å². The van der Waals surface area contributed by atoms with Gasteiger partial charge < -0.3 is 15.8 Å². The van der Waals surface area contributed by atoms with E-state index in [9.17, 15) is 4.79 Å². The van der Waals surface area contributed by atoms with Crippen LogP contribution in [0.25, 0.3) is 0 Å². The van der Waals surface area contributed by atoms with Gasteiger partial charge in [-0.15, -0.1) is 0 Å². The van der Waals surface area contributed by atoms with Gasteiger partial charge in [-0.1, -0.05) is 25.5 Å². The Balaban J connectivity index is 1.76. The second kappa shape index (κ2) is 6.57. The van der Waals surface area contributed by atoms with Gasteiger partial charge in [0.05, 0.1) is 0 Å². The van der Waals surface area contributed by atoms with Crippen molar-refractivity contribution in [3.8, 4) is 5.75 Å². The van der Waals surface area contributed by atoms with E-state index in [4.69, 9.17) is 10.5 Å². The number of hydrogen-bond donors (Lipinski definition) is 2. The van der Waals surface area contributed by atoms with Crippen LogP contribution in [-0.4, -0.2) is 18.6 Å². The minimum atomic E-state index is -0.0401. The van der Waals surface area contributed by atoms with Gasteiger partial charge in [0.1, 0.15) is 5.75 Å². The number of nitrogens with one attached hydrogen (secondary N) is 1. The van der Waals surface area contributed by atoms with E-state index in [2.05, 4.69) is 12.2 Å². The van der Waals surface area contributed by atoms with Gasteiger partial charge in [0.2, 0.25) is 0 Å². The molecule has 4 nitrogen and oxygen atoms in total. The first-order valence-corrected chi connectivity index (χ1v) is 6.90. The molecule has 2 unspecified atom stereocenters.